The summed E-state index contributed by atoms with van der Waals surface area (Å²) < 4.78 is 5.54. The van der Waals surface area contributed by atoms with Gasteiger partial charge in [0.1, 0.15) is 11.8 Å². The fourth-order valence-electron chi connectivity index (χ4n) is 6.04. The molecule has 1 aliphatic heterocycles. The standard InChI is InChI=1S/C30H49N5O6/c1-30(2,3)26(31-27(37)22(18-35(40)20-36)17-21-9-7-8-10-21)29(39)33(6)23-11-14-34(15-12-23)28(38)24-13-16-41-25(24)19-32(4)5/h13,16,20-23,26,40H,7-12,14-15,17-19H2,1-6H3,(H,31,37)/t22?,26-/m1/s1. The molecule has 1 unspecified atom stereocenters. The highest BCUT2D eigenvalue weighted by Gasteiger charge is 2.39. The smallest absolute Gasteiger partial charge is 0.257 e. The molecular formula is C30H49N5O6. The van der Waals surface area contributed by atoms with Crippen LogP contribution in [-0.2, 0) is 20.9 Å². The number of piperidine rings is 1. The molecule has 3 rings (SSSR count). The number of hydroxylamine groups is 2. The minimum atomic E-state index is -0.784. The van der Waals surface area contributed by atoms with E-state index < -0.39 is 17.4 Å². The van der Waals surface area contributed by atoms with Gasteiger partial charge in [-0.2, -0.15) is 0 Å². The maximum Gasteiger partial charge on any atom is 0.257 e. The molecule has 11 heteroatoms. The van der Waals surface area contributed by atoms with Gasteiger partial charge in [0, 0.05) is 26.2 Å². The summed E-state index contributed by atoms with van der Waals surface area (Å²) in [7, 11) is 5.60. The van der Waals surface area contributed by atoms with E-state index in [1.54, 1.807) is 24.3 Å². The summed E-state index contributed by atoms with van der Waals surface area (Å²) in [6.45, 7) is 7.20. The van der Waals surface area contributed by atoms with Crippen molar-refractivity contribution in [1.29, 1.82) is 0 Å². The second-order valence-corrected chi connectivity index (χ2v) is 13.1. The van der Waals surface area contributed by atoms with E-state index in [1.807, 2.05) is 44.7 Å². The summed E-state index contributed by atoms with van der Waals surface area (Å²) in [5.74, 6) is -0.175. The third-order valence-corrected chi connectivity index (χ3v) is 8.47. The zero-order valence-electron chi connectivity index (χ0n) is 25.6. The van der Waals surface area contributed by atoms with Crippen LogP contribution >= 0.6 is 0 Å². The molecule has 11 nitrogen and oxygen atoms in total. The van der Waals surface area contributed by atoms with Gasteiger partial charge < -0.3 is 24.4 Å². The van der Waals surface area contributed by atoms with Crippen LogP contribution in [0.5, 0.6) is 0 Å². The first kappa shape index (κ1) is 32.6. The van der Waals surface area contributed by atoms with E-state index in [-0.39, 0.29) is 30.3 Å². The van der Waals surface area contributed by atoms with E-state index in [4.69, 9.17) is 4.42 Å². The Hall–Kier alpha value is -2.92. The van der Waals surface area contributed by atoms with Gasteiger partial charge in [-0.15, -0.1) is 0 Å². The normalized spacial score (nSPS) is 18.3. The number of likely N-dealkylation sites (N-methyl/N-ethyl adjacent to an activating group) is 1. The van der Waals surface area contributed by atoms with Crippen LogP contribution in [0.25, 0.3) is 0 Å². The number of nitrogens with zero attached hydrogens (tertiary/aromatic N) is 4. The zero-order chi connectivity index (χ0) is 30.3. The molecule has 1 aliphatic carbocycles. The Morgan fingerprint density at radius 3 is 2.32 bits per heavy atom. The van der Waals surface area contributed by atoms with E-state index in [0.29, 0.717) is 67.6 Å². The number of nitrogens with one attached hydrogen (secondary N) is 1. The Balaban J connectivity index is 1.64. The minimum absolute atomic E-state index is 0.0654. The molecule has 0 radical (unpaired) electrons. The first-order chi connectivity index (χ1) is 19.3. The van der Waals surface area contributed by atoms with Crippen molar-refractivity contribution in [3.63, 3.8) is 0 Å². The van der Waals surface area contributed by atoms with Crippen molar-refractivity contribution < 1.29 is 28.8 Å². The number of hydrogen-bond donors (Lipinski definition) is 2. The van der Waals surface area contributed by atoms with Gasteiger partial charge in [0.15, 0.2) is 0 Å². The summed E-state index contributed by atoms with van der Waals surface area (Å²) >= 11 is 0. The number of hydrogen-bond acceptors (Lipinski definition) is 7. The summed E-state index contributed by atoms with van der Waals surface area (Å²) in [6.07, 6.45) is 7.96. The predicted molar refractivity (Wildman–Crippen MR) is 154 cm³/mol. The highest BCUT2D eigenvalue weighted by Crippen LogP contribution is 2.31. The molecule has 0 aromatic carbocycles. The quantitative estimate of drug-likeness (QED) is 0.223. The van der Waals surface area contributed by atoms with Gasteiger partial charge in [-0.3, -0.25) is 24.4 Å². The van der Waals surface area contributed by atoms with Crippen molar-refractivity contribution in [2.45, 2.75) is 84.3 Å². The molecule has 2 atom stereocenters. The van der Waals surface area contributed by atoms with Crippen LogP contribution in [0.1, 0.15) is 81.8 Å². The number of carbonyl (C=O) groups is 4. The Morgan fingerprint density at radius 1 is 1.12 bits per heavy atom. The zero-order valence-corrected chi connectivity index (χ0v) is 25.6. The van der Waals surface area contributed by atoms with E-state index >= 15 is 0 Å². The van der Waals surface area contributed by atoms with Crippen molar-refractivity contribution in [2.75, 3.05) is 40.8 Å². The van der Waals surface area contributed by atoms with E-state index in [0.717, 1.165) is 25.7 Å². The van der Waals surface area contributed by atoms with Crippen molar-refractivity contribution in [3.05, 3.63) is 23.7 Å². The van der Waals surface area contributed by atoms with Gasteiger partial charge in [0.2, 0.25) is 18.2 Å². The largest absolute Gasteiger partial charge is 0.467 e. The summed E-state index contributed by atoms with van der Waals surface area (Å²) in [6, 6.07) is 0.856. The van der Waals surface area contributed by atoms with Crippen LogP contribution < -0.4 is 5.32 Å². The molecule has 2 heterocycles. The predicted octanol–water partition coefficient (Wildman–Crippen LogP) is 2.98. The molecule has 2 N–H and O–H groups in total. The molecule has 0 spiro atoms. The average Bonchev–Trinajstić information content (AvgIpc) is 3.61. The number of amides is 4. The SMILES string of the molecule is CN(C)Cc1occc1C(=O)N1CCC(N(C)C(=O)[C@@H](NC(=O)C(CC2CCCC2)CN(O)C=O)C(C)(C)C)CC1. The molecule has 1 aromatic rings. The lowest BCUT2D eigenvalue weighted by atomic mass is 9.84. The van der Waals surface area contributed by atoms with Gasteiger partial charge in [-0.1, -0.05) is 46.5 Å². The molecule has 0 bridgehead atoms. The van der Waals surface area contributed by atoms with Gasteiger partial charge in [0.25, 0.3) is 5.91 Å². The Labute approximate surface area is 244 Å². The lowest BCUT2D eigenvalue weighted by molar-refractivity contribution is -0.156. The van der Waals surface area contributed by atoms with Crippen LogP contribution in [0.2, 0.25) is 0 Å². The first-order valence-corrected chi connectivity index (χ1v) is 14.8. The van der Waals surface area contributed by atoms with Gasteiger partial charge in [-0.25, -0.2) is 5.06 Å². The Morgan fingerprint density at radius 2 is 1.76 bits per heavy atom. The molecule has 1 saturated heterocycles. The second-order valence-electron chi connectivity index (χ2n) is 13.1. The maximum absolute atomic E-state index is 13.8. The molecule has 1 aromatic heterocycles. The van der Waals surface area contributed by atoms with Crippen LogP contribution in [-0.4, -0.2) is 102 Å². The third-order valence-electron chi connectivity index (χ3n) is 8.47. The van der Waals surface area contributed by atoms with Crippen LogP contribution in [0.4, 0.5) is 0 Å². The topological polar surface area (TPSA) is 127 Å². The highest BCUT2D eigenvalue weighted by atomic mass is 16.5. The molecule has 4 amide bonds. The lowest BCUT2D eigenvalue weighted by Gasteiger charge is -2.40. The summed E-state index contributed by atoms with van der Waals surface area (Å²) in [5, 5.41) is 13.4. The lowest BCUT2D eigenvalue weighted by Crippen LogP contribution is -2.58. The number of carbonyl (C=O) groups excluding carboxylic acids is 4. The van der Waals surface area contributed by atoms with Gasteiger partial charge in [-0.05, 0) is 50.8 Å². The van der Waals surface area contributed by atoms with Crippen molar-refractivity contribution >= 4 is 24.1 Å². The second kappa shape index (κ2) is 14.3. The van der Waals surface area contributed by atoms with Crippen molar-refractivity contribution in [1.82, 2.24) is 25.1 Å². The molecule has 1 saturated carbocycles. The molecular weight excluding hydrogens is 526 g/mol. The Bertz CT molecular complexity index is 1040. The van der Waals surface area contributed by atoms with Gasteiger partial charge >= 0.3 is 0 Å². The minimum Gasteiger partial charge on any atom is -0.467 e. The van der Waals surface area contributed by atoms with Crippen LogP contribution in [0.3, 0.4) is 0 Å². The molecule has 41 heavy (non-hydrogen) atoms. The fraction of sp³-hybridized carbons (Fsp3) is 0.733. The Kier molecular flexibility index (Phi) is 11.4. The van der Waals surface area contributed by atoms with Crippen LogP contribution in [0, 0.1) is 17.3 Å². The molecule has 230 valence electrons. The van der Waals surface area contributed by atoms with E-state index in [9.17, 15) is 24.4 Å². The third kappa shape index (κ3) is 8.78. The molecule has 2 fully saturated rings. The van der Waals surface area contributed by atoms with Gasteiger partial charge in [0.05, 0.1) is 30.8 Å². The summed E-state index contributed by atoms with van der Waals surface area (Å²) in [5.41, 5.74) is 0.00349. The maximum atomic E-state index is 13.8. The van der Waals surface area contributed by atoms with Crippen LogP contribution in [0.15, 0.2) is 16.7 Å². The van der Waals surface area contributed by atoms with E-state index in [2.05, 4.69) is 5.32 Å². The van der Waals surface area contributed by atoms with Crippen molar-refractivity contribution in [3.8, 4) is 0 Å². The van der Waals surface area contributed by atoms with Crippen molar-refractivity contribution in [2.24, 2.45) is 17.3 Å². The highest BCUT2D eigenvalue weighted by molar-refractivity contribution is 5.95. The number of furan rings is 1. The monoisotopic (exact) mass is 575 g/mol. The fourth-order valence-corrected chi connectivity index (χ4v) is 6.04. The molecule has 2 aliphatic rings. The average molecular weight is 576 g/mol. The summed E-state index contributed by atoms with van der Waals surface area (Å²) in [4.78, 5) is 57.1. The first-order valence-electron chi connectivity index (χ1n) is 14.8. The van der Waals surface area contributed by atoms with E-state index in [1.165, 1.54) is 0 Å². The number of likely N-dealkylation sites (tertiary alicyclic amines) is 1. The number of rotatable bonds is 12.